The zero-order valence-electron chi connectivity index (χ0n) is 11.4. The van der Waals surface area contributed by atoms with Gasteiger partial charge in [-0.2, -0.15) is 0 Å². The summed E-state index contributed by atoms with van der Waals surface area (Å²) in [5.41, 5.74) is 5.81. The van der Waals surface area contributed by atoms with Crippen LogP contribution in [0.2, 0.25) is 0 Å². The second-order valence-corrected chi connectivity index (χ2v) is 5.09. The summed E-state index contributed by atoms with van der Waals surface area (Å²) in [5.74, 6) is -0.893. The van der Waals surface area contributed by atoms with Crippen LogP contribution in [0.4, 0.5) is 21.0 Å². The summed E-state index contributed by atoms with van der Waals surface area (Å²) in [6, 6.07) is 5.92. The van der Waals surface area contributed by atoms with Crippen LogP contribution in [0, 0.1) is 5.82 Å². The van der Waals surface area contributed by atoms with Gasteiger partial charge in [-0.15, -0.1) is 0 Å². The molecule has 6 nitrogen and oxygen atoms in total. The van der Waals surface area contributed by atoms with Gasteiger partial charge >= 0.3 is 0 Å². The van der Waals surface area contributed by atoms with Crippen molar-refractivity contribution >= 4 is 33.9 Å². The lowest BCUT2D eigenvalue weighted by Gasteiger charge is -2.04. The minimum Gasteiger partial charge on any atom is -0.383 e. The molecule has 0 atom stereocenters. The van der Waals surface area contributed by atoms with E-state index in [-0.39, 0.29) is 16.4 Å². The lowest BCUT2D eigenvalue weighted by atomic mass is 10.3. The molecule has 0 saturated heterocycles. The van der Waals surface area contributed by atoms with Crippen molar-refractivity contribution in [1.82, 2.24) is 4.98 Å². The number of nitrogens with zero attached hydrogens (tertiary/aromatic N) is 1. The van der Waals surface area contributed by atoms with E-state index >= 15 is 0 Å². The van der Waals surface area contributed by atoms with Gasteiger partial charge in [-0.1, -0.05) is 23.5 Å². The number of anilines is 3. The number of amides is 1. The number of ether oxygens (including phenoxy) is 1. The third-order valence-electron chi connectivity index (χ3n) is 2.56. The van der Waals surface area contributed by atoms with E-state index in [9.17, 15) is 9.18 Å². The van der Waals surface area contributed by atoms with E-state index in [0.29, 0.717) is 18.3 Å². The fourth-order valence-corrected chi connectivity index (χ4v) is 2.38. The van der Waals surface area contributed by atoms with Gasteiger partial charge in [-0.05, 0) is 12.1 Å². The summed E-state index contributed by atoms with van der Waals surface area (Å²) in [5, 5.41) is 5.97. The van der Waals surface area contributed by atoms with Gasteiger partial charge in [-0.3, -0.25) is 4.79 Å². The molecular formula is C13H15FN4O2S. The molecular weight excluding hydrogens is 295 g/mol. The zero-order valence-corrected chi connectivity index (χ0v) is 12.2. The topological polar surface area (TPSA) is 89.3 Å². The van der Waals surface area contributed by atoms with Gasteiger partial charge in [0.25, 0.3) is 5.91 Å². The number of methoxy groups -OCH3 is 1. The summed E-state index contributed by atoms with van der Waals surface area (Å²) in [6.45, 7) is 1.06. The molecule has 8 heteroatoms. The quantitative estimate of drug-likeness (QED) is 0.712. The Balaban J connectivity index is 2.07. The maximum atomic E-state index is 13.5. The molecule has 0 bridgehead atoms. The van der Waals surface area contributed by atoms with E-state index in [1.165, 1.54) is 12.1 Å². The Morgan fingerprint density at radius 2 is 2.24 bits per heavy atom. The molecule has 112 valence electrons. The van der Waals surface area contributed by atoms with E-state index < -0.39 is 11.7 Å². The largest absolute Gasteiger partial charge is 0.383 e. The van der Waals surface area contributed by atoms with Crippen LogP contribution in [0.5, 0.6) is 0 Å². The smallest absolute Gasteiger partial charge is 0.269 e. The molecule has 0 aliphatic carbocycles. The number of para-hydroxylation sites is 1. The first-order chi connectivity index (χ1) is 10.1. The summed E-state index contributed by atoms with van der Waals surface area (Å²) in [6.07, 6.45) is 0. The first-order valence-electron chi connectivity index (χ1n) is 6.17. The van der Waals surface area contributed by atoms with Gasteiger partial charge in [0.1, 0.15) is 16.5 Å². The van der Waals surface area contributed by atoms with E-state index in [0.717, 1.165) is 11.3 Å². The second-order valence-electron chi connectivity index (χ2n) is 4.09. The Morgan fingerprint density at radius 3 is 2.95 bits per heavy atom. The van der Waals surface area contributed by atoms with E-state index in [2.05, 4.69) is 15.6 Å². The van der Waals surface area contributed by atoms with Gasteiger partial charge in [0, 0.05) is 13.7 Å². The van der Waals surface area contributed by atoms with Crippen LogP contribution in [-0.2, 0) is 4.74 Å². The van der Waals surface area contributed by atoms with Gasteiger partial charge < -0.3 is 21.1 Å². The molecule has 0 aliphatic rings. The van der Waals surface area contributed by atoms with Crippen LogP contribution in [-0.4, -0.2) is 31.2 Å². The highest BCUT2D eigenvalue weighted by atomic mass is 32.1. The molecule has 0 radical (unpaired) electrons. The van der Waals surface area contributed by atoms with Crippen molar-refractivity contribution in [3.63, 3.8) is 0 Å². The van der Waals surface area contributed by atoms with Crippen LogP contribution in [0.15, 0.2) is 24.3 Å². The summed E-state index contributed by atoms with van der Waals surface area (Å²) < 4.78 is 18.4. The fraction of sp³-hybridized carbons (Fsp3) is 0.231. The maximum absolute atomic E-state index is 13.5. The van der Waals surface area contributed by atoms with Crippen molar-refractivity contribution in [2.45, 2.75) is 0 Å². The number of hydrogen-bond donors (Lipinski definition) is 3. The van der Waals surface area contributed by atoms with Crippen LogP contribution < -0.4 is 16.4 Å². The molecule has 0 unspecified atom stereocenters. The third kappa shape index (κ3) is 3.89. The number of thiazole rings is 1. The highest BCUT2D eigenvalue weighted by molar-refractivity contribution is 7.18. The van der Waals surface area contributed by atoms with Crippen molar-refractivity contribution in [1.29, 1.82) is 0 Å². The molecule has 4 N–H and O–H groups in total. The molecule has 2 aromatic rings. The molecule has 1 amide bonds. The summed E-state index contributed by atoms with van der Waals surface area (Å²) >= 11 is 1.11. The number of nitrogens with two attached hydrogens (primary N) is 1. The highest BCUT2D eigenvalue weighted by Crippen LogP contribution is 2.26. The fourth-order valence-electron chi connectivity index (χ4n) is 1.57. The predicted octanol–water partition coefficient (Wildman–Crippen LogP) is 2.17. The highest BCUT2D eigenvalue weighted by Gasteiger charge is 2.17. The molecule has 0 aliphatic heterocycles. The molecule has 1 aromatic heterocycles. The first-order valence-corrected chi connectivity index (χ1v) is 6.98. The molecule has 2 rings (SSSR count). The number of nitrogens with one attached hydrogen (secondary N) is 2. The monoisotopic (exact) mass is 310 g/mol. The van der Waals surface area contributed by atoms with Crippen molar-refractivity contribution in [3.05, 3.63) is 35.0 Å². The SMILES string of the molecule is COCCNc1nc(N)c(C(=O)Nc2ccccc2F)s1. The van der Waals surface area contributed by atoms with Crippen LogP contribution in [0.1, 0.15) is 9.67 Å². The molecule has 21 heavy (non-hydrogen) atoms. The van der Waals surface area contributed by atoms with Gasteiger partial charge in [-0.25, -0.2) is 9.37 Å². The van der Waals surface area contributed by atoms with Crippen LogP contribution >= 0.6 is 11.3 Å². The minimum absolute atomic E-state index is 0.101. The summed E-state index contributed by atoms with van der Waals surface area (Å²) in [4.78, 5) is 16.4. The third-order valence-corrected chi connectivity index (χ3v) is 3.59. The van der Waals surface area contributed by atoms with E-state index in [4.69, 9.17) is 10.5 Å². The Kier molecular flexibility index (Phi) is 5.07. The average molecular weight is 310 g/mol. The normalized spacial score (nSPS) is 10.4. The molecule has 0 fully saturated rings. The lowest BCUT2D eigenvalue weighted by molar-refractivity contribution is 0.103. The van der Waals surface area contributed by atoms with Gasteiger partial charge in [0.2, 0.25) is 0 Å². The van der Waals surface area contributed by atoms with Gasteiger partial charge in [0.05, 0.1) is 12.3 Å². The van der Waals surface area contributed by atoms with Crippen LogP contribution in [0.25, 0.3) is 0 Å². The number of rotatable bonds is 6. The van der Waals surface area contributed by atoms with Crippen molar-refractivity contribution in [2.24, 2.45) is 0 Å². The number of carbonyl (C=O) groups is 1. The zero-order chi connectivity index (χ0) is 15.2. The summed E-state index contributed by atoms with van der Waals surface area (Å²) in [7, 11) is 1.59. The molecule has 1 aromatic carbocycles. The molecule has 0 spiro atoms. The van der Waals surface area contributed by atoms with Crippen molar-refractivity contribution in [3.8, 4) is 0 Å². The number of hydrogen-bond acceptors (Lipinski definition) is 6. The minimum atomic E-state index is -0.507. The standard InChI is InChI=1S/C13H15FN4O2S/c1-20-7-6-16-13-18-11(15)10(21-13)12(19)17-9-5-3-2-4-8(9)14/h2-5H,6-7,15H2,1H3,(H,16,18)(H,17,19). The number of carbonyl (C=O) groups excluding carboxylic acids is 1. The second kappa shape index (κ2) is 7.00. The molecule has 0 saturated carbocycles. The number of nitrogen functional groups attached to an aromatic ring is 1. The number of benzene rings is 1. The number of aromatic nitrogens is 1. The van der Waals surface area contributed by atoms with Crippen molar-refractivity contribution < 1.29 is 13.9 Å². The Labute approximate surface area is 125 Å². The Bertz CT molecular complexity index is 632. The lowest BCUT2D eigenvalue weighted by Crippen LogP contribution is -2.13. The average Bonchev–Trinajstić information content (AvgIpc) is 2.83. The number of halogens is 1. The van der Waals surface area contributed by atoms with Gasteiger partial charge in [0.15, 0.2) is 5.13 Å². The van der Waals surface area contributed by atoms with E-state index in [1.807, 2.05) is 0 Å². The Hall–Kier alpha value is -2.19. The van der Waals surface area contributed by atoms with Crippen LogP contribution in [0.3, 0.4) is 0 Å². The van der Waals surface area contributed by atoms with Crippen molar-refractivity contribution in [2.75, 3.05) is 36.6 Å². The predicted molar refractivity (Wildman–Crippen MR) is 81.2 cm³/mol. The maximum Gasteiger partial charge on any atom is 0.269 e. The van der Waals surface area contributed by atoms with E-state index in [1.54, 1.807) is 19.2 Å². The Morgan fingerprint density at radius 1 is 1.48 bits per heavy atom. The molecule has 1 heterocycles. The first kappa shape index (κ1) is 15.2.